The topological polar surface area (TPSA) is 126 Å². The number of carboxylic acid groups (broad SMARTS) is 1. The summed E-state index contributed by atoms with van der Waals surface area (Å²) in [5, 5.41) is 40.9. The Morgan fingerprint density at radius 3 is 2.45 bits per heavy atom. The molecule has 4 N–H and O–H groups in total. The van der Waals surface area contributed by atoms with Gasteiger partial charge in [-0.3, -0.25) is 0 Å². The number of aliphatic hydroxyl groups is 3. The minimum Gasteiger partial charge on any atom is -0.497 e. The van der Waals surface area contributed by atoms with Crippen LogP contribution >= 0.6 is 0 Å². The lowest BCUT2D eigenvalue weighted by Gasteiger charge is -2.39. The zero-order chi connectivity index (χ0) is 21.1. The molecule has 1 saturated heterocycles. The molecule has 1 fully saturated rings. The number of aryl methyl sites for hydroxylation is 1. The van der Waals surface area contributed by atoms with Gasteiger partial charge in [0.15, 0.2) is 12.4 Å². The molecule has 2 aromatic carbocycles. The van der Waals surface area contributed by atoms with E-state index < -0.39 is 36.7 Å². The van der Waals surface area contributed by atoms with Gasteiger partial charge in [0.1, 0.15) is 24.1 Å². The minimum absolute atomic E-state index is 0.377. The Hall–Kier alpha value is -2.23. The average Bonchev–Trinajstić information content (AvgIpc) is 2.71. The summed E-state index contributed by atoms with van der Waals surface area (Å²) in [5.74, 6) is -0.636. The van der Waals surface area contributed by atoms with Crippen molar-refractivity contribution in [3.63, 3.8) is 0 Å². The average molecular weight is 406 g/mol. The van der Waals surface area contributed by atoms with Gasteiger partial charge < -0.3 is 34.6 Å². The van der Waals surface area contributed by atoms with E-state index in [2.05, 4.69) is 6.07 Å². The van der Waals surface area contributed by atoms with E-state index >= 15 is 0 Å². The molecule has 0 spiro atoms. The molecular formula is C21H26O8. The first-order chi connectivity index (χ1) is 13.8. The number of carbonyl (C=O) groups is 1. The predicted molar refractivity (Wildman–Crippen MR) is 104 cm³/mol. The van der Waals surface area contributed by atoms with Gasteiger partial charge in [0.25, 0.3) is 0 Å². The summed E-state index contributed by atoms with van der Waals surface area (Å²) in [7, 11) is 1.63. The van der Waals surface area contributed by atoms with Crippen LogP contribution in [0.4, 0.5) is 0 Å². The van der Waals surface area contributed by atoms with Crippen LogP contribution in [0.3, 0.4) is 0 Å². The first-order valence-electron chi connectivity index (χ1n) is 9.44. The number of fused-ring (bicyclic) bond motifs is 1. The number of hydrogen-bond acceptors (Lipinski definition) is 7. The Morgan fingerprint density at radius 1 is 1.07 bits per heavy atom. The molecular weight excluding hydrogens is 380 g/mol. The van der Waals surface area contributed by atoms with Crippen molar-refractivity contribution in [3.05, 3.63) is 42.0 Å². The zero-order valence-electron chi connectivity index (χ0n) is 16.3. The molecule has 29 heavy (non-hydrogen) atoms. The van der Waals surface area contributed by atoms with Crippen molar-refractivity contribution in [2.24, 2.45) is 0 Å². The first kappa shape index (κ1) is 21.5. The summed E-state index contributed by atoms with van der Waals surface area (Å²) in [6, 6.07) is 12.0. The fourth-order valence-electron chi connectivity index (χ4n) is 3.39. The smallest absolute Gasteiger partial charge is 0.335 e. The normalized spacial score (nSPS) is 28.2. The van der Waals surface area contributed by atoms with E-state index in [1.54, 1.807) is 14.0 Å². The summed E-state index contributed by atoms with van der Waals surface area (Å²) in [6.07, 6.45) is -7.04. The maximum Gasteiger partial charge on any atom is 0.335 e. The number of rotatable bonds is 7. The van der Waals surface area contributed by atoms with E-state index in [-0.39, 0.29) is 6.10 Å². The second-order valence-corrected chi connectivity index (χ2v) is 7.27. The maximum absolute atomic E-state index is 11.2. The number of carboxylic acids is 1. The van der Waals surface area contributed by atoms with Crippen molar-refractivity contribution in [3.8, 4) is 5.75 Å². The summed E-state index contributed by atoms with van der Waals surface area (Å²) in [4.78, 5) is 11.2. The van der Waals surface area contributed by atoms with Crippen LogP contribution in [-0.4, -0.2) is 70.3 Å². The molecule has 2 aromatic rings. The third-order valence-corrected chi connectivity index (χ3v) is 5.13. The van der Waals surface area contributed by atoms with Crippen LogP contribution in [-0.2, 0) is 20.7 Å². The van der Waals surface area contributed by atoms with Crippen LogP contribution < -0.4 is 4.74 Å². The Bertz CT molecular complexity index is 854. The number of methoxy groups -OCH3 is 1. The predicted octanol–water partition coefficient (Wildman–Crippen LogP) is 1.08. The molecule has 1 aliphatic rings. The lowest BCUT2D eigenvalue weighted by molar-refractivity contribution is -0.303. The Kier molecular flexibility index (Phi) is 6.71. The lowest BCUT2D eigenvalue weighted by atomic mass is 9.99. The van der Waals surface area contributed by atoms with E-state index in [1.807, 2.05) is 30.3 Å². The molecule has 1 aliphatic heterocycles. The van der Waals surface area contributed by atoms with Crippen molar-refractivity contribution in [2.75, 3.05) is 7.11 Å². The molecule has 8 heteroatoms. The van der Waals surface area contributed by atoms with E-state index in [4.69, 9.17) is 19.3 Å². The fourth-order valence-corrected chi connectivity index (χ4v) is 3.39. The van der Waals surface area contributed by atoms with Crippen molar-refractivity contribution < 1.29 is 39.4 Å². The highest BCUT2D eigenvalue weighted by Crippen LogP contribution is 2.25. The first-order valence-corrected chi connectivity index (χ1v) is 9.44. The Morgan fingerprint density at radius 2 is 1.76 bits per heavy atom. The molecule has 0 aliphatic carbocycles. The van der Waals surface area contributed by atoms with Crippen LogP contribution in [0.5, 0.6) is 5.75 Å². The molecule has 3 rings (SSSR count). The van der Waals surface area contributed by atoms with Gasteiger partial charge in [-0.15, -0.1) is 0 Å². The highest BCUT2D eigenvalue weighted by atomic mass is 16.7. The van der Waals surface area contributed by atoms with Gasteiger partial charge in [-0.05, 0) is 48.2 Å². The summed E-state index contributed by atoms with van der Waals surface area (Å²) >= 11 is 0. The summed E-state index contributed by atoms with van der Waals surface area (Å²) in [6.45, 7) is 1.77. The van der Waals surface area contributed by atoms with Gasteiger partial charge in [-0.1, -0.05) is 24.3 Å². The van der Waals surface area contributed by atoms with Gasteiger partial charge in [0, 0.05) is 0 Å². The summed E-state index contributed by atoms with van der Waals surface area (Å²) < 4.78 is 16.0. The largest absolute Gasteiger partial charge is 0.497 e. The number of hydrogen-bond donors (Lipinski definition) is 4. The second kappa shape index (κ2) is 9.06. The third kappa shape index (κ3) is 4.85. The van der Waals surface area contributed by atoms with Gasteiger partial charge in [0.05, 0.1) is 13.2 Å². The number of benzene rings is 2. The highest BCUT2D eigenvalue weighted by molar-refractivity contribution is 5.84. The molecule has 1 heterocycles. The lowest BCUT2D eigenvalue weighted by Crippen LogP contribution is -2.60. The molecule has 0 aromatic heterocycles. The van der Waals surface area contributed by atoms with Gasteiger partial charge in [0.2, 0.25) is 0 Å². The molecule has 0 amide bonds. The van der Waals surface area contributed by atoms with E-state index in [1.165, 1.54) is 0 Å². The van der Waals surface area contributed by atoms with Crippen LogP contribution in [0.1, 0.15) is 18.9 Å². The van der Waals surface area contributed by atoms with E-state index in [9.17, 15) is 20.1 Å². The van der Waals surface area contributed by atoms with Crippen LogP contribution in [0.2, 0.25) is 0 Å². The monoisotopic (exact) mass is 406 g/mol. The maximum atomic E-state index is 11.2. The van der Waals surface area contributed by atoms with E-state index in [0.29, 0.717) is 12.8 Å². The van der Waals surface area contributed by atoms with Crippen molar-refractivity contribution in [2.45, 2.75) is 56.6 Å². The van der Waals surface area contributed by atoms with Crippen molar-refractivity contribution in [1.82, 2.24) is 0 Å². The molecule has 0 bridgehead atoms. The Balaban J connectivity index is 1.59. The number of aliphatic carboxylic acids is 1. The summed E-state index contributed by atoms with van der Waals surface area (Å²) in [5.41, 5.74) is 1.10. The highest BCUT2D eigenvalue weighted by Gasteiger charge is 2.47. The van der Waals surface area contributed by atoms with Crippen molar-refractivity contribution in [1.29, 1.82) is 0 Å². The van der Waals surface area contributed by atoms with Crippen LogP contribution in [0, 0.1) is 0 Å². The number of ether oxygens (including phenoxy) is 3. The number of aliphatic hydroxyl groups excluding tert-OH is 3. The van der Waals surface area contributed by atoms with E-state index in [0.717, 1.165) is 22.1 Å². The third-order valence-electron chi connectivity index (χ3n) is 5.13. The van der Waals surface area contributed by atoms with Gasteiger partial charge >= 0.3 is 5.97 Å². The zero-order valence-corrected chi connectivity index (χ0v) is 16.3. The standard InChI is InChI=1S/C21H26O8/c1-11(28-21-18(24)16(22)17(23)19(29-21)20(25)26)3-4-12-5-6-14-10-15(27-2)8-7-13(14)9-12/h5-11,16-19,21-24H,3-4H2,1-2H3,(H,25,26)/t11?,16-,17-,18+,19-,21+/m0/s1. The quantitative estimate of drug-likeness (QED) is 0.538. The molecule has 0 saturated carbocycles. The van der Waals surface area contributed by atoms with Crippen molar-refractivity contribution >= 4 is 16.7 Å². The van der Waals surface area contributed by atoms with Gasteiger partial charge in [-0.25, -0.2) is 4.79 Å². The molecule has 158 valence electrons. The van der Waals surface area contributed by atoms with Gasteiger partial charge in [-0.2, -0.15) is 0 Å². The Labute approximate surface area is 168 Å². The SMILES string of the molecule is COc1ccc2cc(CCC(C)O[C@@H]3O[C@H](C(=O)O)[C@@H](O)[C@H](O)[C@H]3O)ccc2c1. The molecule has 6 atom stereocenters. The fraction of sp³-hybridized carbons (Fsp3) is 0.476. The van der Waals surface area contributed by atoms with Crippen LogP contribution in [0.15, 0.2) is 36.4 Å². The molecule has 1 unspecified atom stereocenters. The second-order valence-electron chi connectivity index (χ2n) is 7.27. The minimum atomic E-state index is -1.73. The molecule has 8 nitrogen and oxygen atoms in total. The van der Waals surface area contributed by atoms with Crippen LogP contribution in [0.25, 0.3) is 10.8 Å². The molecule has 0 radical (unpaired) electrons.